The van der Waals surface area contributed by atoms with E-state index in [0.717, 1.165) is 13.0 Å². The lowest BCUT2D eigenvalue weighted by atomic mass is 10.2. The molecule has 0 aromatic carbocycles. The highest BCUT2D eigenvalue weighted by atomic mass is 16.5. The van der Waals surface area contributed by atoms with Gasteiger partial charge in [0.15, 0.2) is 0 Å². The fourth-order valence-corrected chi connectivity index (χ4v) is 2.00. The van der Waals surface area contributed by atoms with Crippen LogP contribution >= 0.6 is 0 Å². The molecule has 2 N–H and O–H groups in total. The van der Waals surface area contributed by atoms with Crippen molar-refractivity contribution in [2.75, 3.05) is 31.2 Å². The van der Waals surface area contributed by atoms with Crippen molar-refractivity contribution < 1.29 is 9.47 Å². The van der Waals surface area contributed by atoms with E-state index in [1.807, 2.05) is 0 Å². The quantitative estimate of drug-likeness (QED) is 0.850. The van der Waals surface area contributed by atoms with Gasteiger partial charge in [-0.3, -0.25) is 0 Å². The van der Waals surface area contributed by atoms with E-state index in [0.29, 0.717) is 31.6 Å². The molecule has 0 saturated carbocycles. The minimum absolute atomic E-state index is 0.0417. The molecule has 1 aromatic rings. The van der Waals surface area contributed by atoms with Crippen molar-refractivity contribution in [2.24, 2.45) is 5.73 Å². The van der Waals surface area contributed by atoms with E-state index >= 15 is 0 Å². The van der Waals surface area contributed by atoms with Crippen LogP contribution in [0.25, 0.3) is 0 Å². The van der Waals surface area contributed by atoms with Crippen LogP contribution in [-0.2, 0) is 4.74 Å². The molecule has 1 aliphatic heterocycles. The summed E-state index contributed by atoms with van der Waals surface area (Å²) < 4.78 is 11.2. The second kappa shape index (κ2) is 6.68. The highest BCUT2D eigenvalue weighted by Gasteiger charge is 2.27. The molecule has 2 unspecified atom stereocenters. The van der Waals surface area contributed by atoms with Crippen LogP contribution in [0.4, 0.5) is 5.95 Å². The zero-order chi connectivity index (χ0) is 13.7. The lowest BCUT2D eigenvalue weighted by Crippen LogP contribution is -2.51. The predicted molar refractivity (Wildman–Crippen MR) is 73.4 cm³/mol. The summed E-state index contributed by atoms with van der Waals surface area (Å²) in [4.78, 5) is 10.9. The molecule has 0 aliphatic carbocycles. The van der Waals surface area contributed by atoms with E-state index in [9.17, 15) is 0 Å². The fraction of sp³-hybridized carbons (Fsp3) is 0.692. The van der Waals surface area contributed by atoms with E-state index in [-0.39, 0.29) is 12.1 Å². The predicted octanol–water partition coefficient (Wildman–Crippen LogP) is 0.818. The van der Waals surface area contributed by atoms with E-state index in [1.165, 1.54) is 0 Å². The monoisotopic (exact) mass is 266 g/mol. The first-order chi connectivity index (χ1) is 9.24. The van der Waals surface area contributed by atoms with Crippen molar-refractivity contribution >= 4 is 5.95 Å². The summed E-state index contributed by atoms with van der Waals surface area (Å²) in [6.07, 6.45) is 2.73. The van der Waals surface area contributed by atoms with Crippen molar-refractivity contribution in [3.05, 3.63) is 12.3 Å². The van der Waals surface area contributed by atoms with Gasteiger partial charge in [0.05, 0.1) is 25.4 Å². The van der Waals surface area contributed by atoms with Gasteiger partial charge in [-0.25, -0.2) is 4.98 Å². The molecule has 2 rings (SSSR count). The molecule has 1 aromatic heterocycles. The summed E-state index contributed by atoms with van der Waals surface area (Å²) in [6, 6.07) is 2.02. The van der Waals surface area contributed by atoms with Gasteiger partial charge in [0.2, 0.25) is 11.8 Å². The van der Waals surface area contributed by atoms with Gasteiger partial charge < -0.3 is 20.1 Å². The molecule has 0 radical (unpaired) electrons. The second-order valence-corrected chi connectivity index (χ2v) is 4.74. The lowest BCUT2D eigenvalue weighted by Gasteiger charge is -2.37. The Bertz CT molecular complexity index is 402. The lowest BCUT2D eigenvalue weighted by molar-refractivity contribution is 0.0276. The smallest absolute Gasteiger partial charge is 0.229 e. The van der Waals surface area contributed by atoms with Crippen molar-refractivity contribution in [1.82, 2.24) is 9.97 Å². The Hall–Kier alpha value is -1.40. The Balaban J connectivity index is 2.10. The highest BCUT2D eigenvalue weighted by Crippen LogP contribution is 2.19. The molecular formula is C13H22N4O2. The van der Waals surface area contributed by atoms with Crippen LogP contribution in [-0.4, -0.2) is 48.4 Å². The number of rotatable bonds is 5. The molecule has 0 spiro atoms. The third kappa shape index (κ3) is 3.54. The standard InChI is InChI=1S/C13H22N4O2/c1-3-6-18-12-4-5-15-13(16-12)17-8-11(7-14)19-9-10(17)2/h4-5,10-11H,3,6-9,14H2,1-2H3. The maximum atomic E-state index is 5.67. The van der Waals surface area contributed by atoms with Crippen LogP contribution in [0.1, 0.15) is 20.3 Å². The summed E-state index contributed by atoms with van der Waals surface area (Å²) in [5.41, 5.74) is 5.67. The number of nitrogens with two attached hydrogens (primary N) is 1. The van der Waals surface area contributed by atoms with Crippen molar-refractivity contribution in [3.8, 4) is 5.88 Å². The number of ether oxygens (including phenoxy) is 2. The minimum Gasteiger partial charge on any atom is -0.478 e. The summed E-state index contributed by atoms with van der Waals surface area (Å²) >= 11 is 0. The Labute approximate surface area is 113 Å². The molecule has 1 aliphatic rings. The third-order valence-electron chi connectivity index (χ3n) is 3.10. The summed E-state index contributed by atoms with van der Waals surface area (Å²) in [7, 11) is 0. The number of anilines is 1. The molecular weight excluding hydrogens is 244 g/mol. The molecule has 0 bridgehead atoms. The minimum atomic E-state index is 0.0417. The molecule has 106 valence electrons. The van der Waals surface area contributed by atoms with Crippen molar-refractivity contribution in [1.29, 1.82) is 0 Å². The van der Waals surface area contributed by atoms with Crippen LogP contribution in [0, 0.1) is 0 Å². The molecule has 1 fully saturated rings. The van der Waals surface area contributed by atoms with Gasteiger partial charge in [0.1, 0.15) is 0 Å². The molecule has 6 nitrogen and oxygen atoms in total. The normalized spacial score (nSPS) is 23.4. The maximum absolute atomic E-state index is 5.67. The van der Waals surface area contributed by atoms with Crippen molar-refractivity contribution in [3.63, 3.8) is 0 Å². The average molecular weight is 266 g/mol. The van der Waals surface area contributed by atoms with Gasteiger partial charge in [0, 0.05) is 25.4 Å². The van der Waals surface area contributed by atoms with Gasteiger partial charge in [-0.1, -0.05) is 6.92 Å². The first-order valence-corrected chi connectivity index (χ1v) is 6.78. The van der Waals surface area contributed by atoms with Gasteiger partial charge in [0.25, 0.3) is 0 Å². The van der Waals surface area contributed by atoms with Gasteiger partial charge in [-0.05, 0) is 13.3 Å². The molecule has 6 heteroatoms. The number of aromatic nitrogens is 2. The second-order valence-electron chi connectivity index (χ2n) is 4.74. The topological polar surface area (TPSA) is 73.5 Å². The molecule has 2 atom stereocenters. The zero-order valence-corrected chi connectivity index (χ0v) is 11.6. The van der Waals surface area contributed by atoms with Gasteiger partial charge >= 0.3 is 0 Å². The van der Waals surface area contributed by atoms with Gasteiger partial charge in [-0.2, -0.15) is 4.98 Å². The molecule has 0 amide bonds. The van der Waals surface area contributed by atoms with E-state index in [2.05, 4.69) is 28.7 Å². The maximum Gasteiger partial charge on any atom is 0.229 e. The van der Waals surface area contributed by atoms with Crippen LogP contribution < -0.4 is 15.4 Å². The number of nitrogens with zero attached hydrogens (tertiary/aromatic N) is 3. The SMILES string of the molecule is CCCOc1ccnc(N2CC(CN)OCC2C)n1. The zero-order valence-electron chi connectivity index (χ0n) is 11.6. The molecule has 19 heavy (non-hydrogen) atoms. The summed E-state index contributed by atoms with van der Waals surface area (Å²) in [5.74, 6) is 1.30. The van der Waals surface area contributed by atoms with E-state index in [1.54, 1.807) is 12.3 Å². The van der Waals surface area contributed by atoms with E-state index < -0.39 is 0 Å². The molecule has 2 heterocycles. The van der Waals surface area contributed by atoms with Crippen LogP contribution in [0.3, 0.4) is 0 Å². The van der Waals surface area contributed by atoms with Gasteiger partial charge in [-0.15, -0.1) is 0 Å². The largest absolute Gasteiger partial charge is 0.478 e. The fourth-order valence-electron chi connectivity index (χ4n) is 2.00. The highest BCUT2D eigenvalue weighted by molar-refractivity contribution is 5.34. The Morgan fingerprint density at radius 1 is 1.58 bits per heavy atom. The Kier molecular flexibility index (Phi) is 4.93. The number of hydrogen-bond donors (Lipinski definition) is 1. The number of hydrogen-bond acceptors (Lipinski definition) is 6. The van der Waals surface area contributed by atoms with E-state index in [4.69, 9.17) is 15.2 Å². The summed E-state index contributed by atoms with van der Waals surface area (Å²) in [5, 5.41) is 0. The van der Waals surface area contributed by atoms with Crippen LogP contribution in [0.2, 0.25) is 0 Å². The number of morpholine rings is 1. The Morgan fingerprint density at radius 3 is 3.16 bits per heavy atom. The Morgan fingerprint density at radius 2 is 2.42 bits per heavy atom. The first-order valence-electron chi connectivity index (χ1n) is 6.78. The first kappa shape index (κ1) is 14.0. The third-order valence-corrected chi connectivity index (χ3v) is 3.10. The van der Waals surface area contributed by atoms with Crippen LogP contribution in [0.5, 0.6) is 5.88 Å². The molecule has 1 saturated heterocycles. The average Bonchev–Trinajstić information content (AvgIpc) is 2.46. The summed E-state index contributed by atoms with van der Waals surface area (Å²) in [6.45, 7) is 6.70. The van der Waals surface area contributed by atoms with Crippen molar-refractivity contribution in [2.45, 2.75) is 32.4 Å². The van der Waals surface area contributed by atoms with Crippen LogP contribution in [0.15, 0.2) is 12.3 Å².